The number of hydrogen-bond donors (Lipinski definition) is 1. The van der Waals surface area contributed by atoms with Crippen LogP contribution in [0.5, 0.6) is 5.75 Å². The summed E-state index contributed by atoms with van der Waals surface area (Å²) < 4.78 is 40.0. The molecular weight excluding hydrogens is 420 g/mol. The van der Waals surface area contributed by atoms with Crippen molar-refractivity contribution >= 4 is 12.5 Å². The minimum Gasteiger partial charge on any atom is -0.496 e. The molecule has 1 aromatic heterocycles. The van der Waals surface area contributed by atoms with E-state index in [1.807, 2.05) is 19.1 Å². The van der Waals surface area contributed by atoms with Crippen molar-refractivity contribution in [1.29, 1.82) is 0 Å². The van der Waals surface area contributed by atoms with Gasteiger partial charge in [-0.25, -0.2) is 14.4 Å². The second-order valence-corrected chi connectivity index (χ2v) is 7.10. The second-order valence-electron chi connectivity index (χ2n) is 7.10. The van der Waals surface area contributed by atoms with E-state index in [4.69, 9.17) is 9.47 Å². The average Bonchev–Trinajstić information content (AvgIpc) is 3.24. The number of halogens is 2. The van der Waals surface area contributed by atoms with Crippen molar-refractivity contribution in [3.63, 3.8) is 0 Å². The number of amidine groups is 1. The SMILES string of the molecule is COc1ccc(C2(c3ccc(F)c(-c4cccnc4F)c3)COC(NOC=O)=N2)cc1C. The third kappa shape index (κ3) is 3.73. The number of carbonyl (C=O) groups is 1. The van der Waals surface area contributed by atoms with Gasteiger partial charge in [0.25, 0.3) is 0 Å². The molecule has 0 saturated heterocycles. The van der Waals surface area contributed by atoms with Crippen molar-refractivity contribution < 1.29 is 27.9 Å². The molecule has 4 rings (SSSR count). The van der Waals surface area contributed by atoms with Crippen LogP contribution in [-0.2, 0) is 19.9 Å². The third-order valence-electron chi connectivity index (χ3n) is 5.27. The van der Waals surface area contributed by atoms with Crippen LogP contribution >= 0.6 is 0 Å². The first-order valence-corrected chi connectivity index (χ1v) is 9.62. The van der Waals surface area contributed by atoms with Crippen LogP contribution in [0.25, 0.3) is 11.1 Å². The largest absolute Gasteiger partial charge is 0.496 e. The van der Waals surface area contributed by atoms with E-state index in [2.05, 4.69) is 20.3 Å². The van der Waals surface area contributed by atoms with Gasteiger partial charge >= 0.3 is 12.5 Å². The molecule has 7 nitrogen and oxygen atoms in total. The van der Waals surface area contributed by atoms with Crippen LogP contribution in [-0.4, -0.2) is 31.2 Å². The number of benzene rings is 2. The monoisotopic (exact) mass is 439 g/mol. The van der Waals surface area contributed by atoms with Gasteiger partial charge in [-0.1, -0.05) is 12.1 Å². The summed E-state index contributed by atoms with van der Waals surface area (Å²) in [6.45, 7) is 2.11. The molecule has 2 aromatic carbocycles. The number of aromatic nitrogens is 1. The Bertz CT molecular complexity index is 1200. The van der Waals surface area contributed by atoms with E-state index in [-0.39, 0.29) is 30.2 Å². The van der Waals surface area contributed by atoms with Gasteiger partial charge < -0.3 is 14.3 Å². The quantitative estimate of drug-likeness (QED) is 0.359. The first-order valence-electron chi connectivity index (χ1n) is 9.62. The molecule has 2 heterocycles. The maximum atomic E-state index is 14.7. The van der Waals surface area contributed by atoms with Crippen molar-refractivity contribution in [3.05, 3.63) is 83.2 Å². The number of pyridine rings is 1. The number of aryl methyl sites for hydroxylation is 1. The molecule has 3 aromatic rings. The Labute approximate surface area is 182 Å². The molecule has 164 valence electrons. The lowest BCUT2D eigenvalue weighted by atomic mass is 9.82. The fourth-order valence-electron chi connectivity index (χ4n) is 3.71. The Morgan fingerprint density at radius 3 is 2.62 bits per heavy atom. The van der Waals surface area contributed by atoms with Gasteiger partial charge in [-0.2, -0.15) is 9.87 Å². The van der Waals surface area contributed by atoms with Gasteiger partial charge in [0, 0.05) is 17.3 Å². The highest BCUT2D eigenvalue weighted by molar-refractivity contribution is 5.77. The van der Waals surface area contributed by atoms with Gasteiger partial charge in [0.05, 0.1) is 7.11 Å². The highest BCUT2D eigenvalue weighted by atomic mass is 19.1. The summed E-state index contributed by atoms with van der Waals surface area (Å²) in [5, 5.41) is 0. The first-order chi connectivity index (χ1) is 15.5. The summed E-state index contributed by atoms with van der Waals surface area (Å²) in [4.78, 5) is 23.3. The van der Waals surface area contributed by atoms with Crippen LogP contribution in [0, 0.1) is 18.7 Å². The molecule has 1 N–H and O–H groups in total. The minimum absolute atomic E-state index is 0.0241. The number of nitrogens with zero attached hydrogens (tertiary/aromatic N) is 2. The molecule has 0 amide bonds. The number of rotatable bonds is 6. The van der Waals surface area contributed by atoms with Crippen LogP contribution in [0.1, 0.15) is 16.7 Å². The van der Waals surface area contributed by atoms with Crippen LogP contribution in [0.15, 0.2) is 59.7 Å². The Morgan fingerprint density at radius 1 is 1.12 bits per heavy atom. The van der Waals surface area contributed by atoms with E-state index in [9.17, 15) is 13.6 Å². The fraction of sp³-hybridized carbons (Fsp3) is 0.174. The smallest absolute Gasteiger partial charge is 0.320 e. The summed E-state index contributed by atoms with van der Waals surface area (Å²) in [6.07, 6.45) is 1.29. The molecule has 1 aliphatic rings. The Kier molecular flexibility index (Phi) is 5.72. The van der Waals surface area contributed by atoms with E-state index >= 15 is 0 Å². The maximum Gasteiger partial charge on any atom is 0.320 e. The predicted octanol–water partition coefficient (Wildman–Crippen LogP) is 3.65. The number of ether oxygens (including phenoxy) is 2. The normalized spacial score (nSPS) is 17.3. The van der Waals surface area contributed by atoms with Crippen molar-refractivity contribution in [2.45, 2.75) is 12.5 Å². The van der Waals surface area contributed by atoms with E-state index in [0.29, 0.717) is 11.3 Å². The highest BCUT2D eigenvalue weighted by Crippen LogP contribution is 2.41. The molecule has 0 aliphatic carbocycles. The zero-order chi connectivity index (χ0) is 22.7. The third-order valence-corrected chi connectivity index (χ3v) is 5.27. The van der Waals surface area contributed by atoms with Crippen molar-refractivity contribution in [2.24, 2.45) is 4.99 Å². The summed E-state index contributed by atoms with van der Waals surface area (Å²) in [7, 11) is 1.57. The topological polar surface area (TPSA) is 82.0 Å². The molecule has 9 heteroatoms. The maximum absolute atomic E-state index is 14.7. The van der Waals surface area contributed by atoms with Gasteiger partial charge in [0.2, 0.25) is 5.95 Å². The highest BCUT2D eigenvalue weighted by Gasteiger charge is 2.41. The molecule has 32 heavy (non-hydrogen) atoms. The lowest BCUT2D eigenvalue weighted by Crippen LogP contribution is -2.27. The summed E-state index contributed by atoms with van der Waals surface area (Å²) >= 11 is 0. The van der Waals surface area contributed by atoms with E-state index < -0.39 is 17.3 Å². The molecule has 1 atom stereocenters. The van der Waals surface area contributed by atoms with Crippen LogP contribution in [0.2, 0.25) is 0 Å². The number of hydroxylamine groups is 1. The molecule has 0 fully saturated rings. The molecule has 0 saturated carbocycles. The van der Waals surface area contributed by atoms with Crippen molar-refractivity contribution in [1.82, 2.24) is 10.5 Å². The molecule has 0 bridgehead atoms. The Balaban J connectivity index is 1.89. The van der Waals surface area contributed by atoms with Gasteiger partial charge in [-0.15, -0.1) is 0 Å². The molecular formula is C23H19F2N3O4. The number of aliphatic imine (C=N–C) groups is 1. The van der Waals surface area contributed by atoms with Crippen LogP contribution in [0.4, 0.5) is 8.78 Å². The fourth-order valence-corrected chi connectivity index (χ4v) is 3.71. The number of methoxy groups -OCH3 is 1. The lowest BCUT2D eigenvalue weighted by Gasteiger charge is -2.26. The second kappa shape index (κ2) is 8.62. The van der Waals surface area contributed by atoms with Crippen molar-refractivity contribution in [2.75, 3.05) is 13.7 Å². The predicted molar refractivity (Wildman–Crippen MR) is 112 cm³/mol. The molecule has 1 aliphatic heterocycles. The average molecular weight is 439 g/mol. The van der Waals surface area contributed by atoms with E-state index in [0.717, 1.165) is 11.1 Å². The Morgan fingerprint density at radius 2 is 1.91 bits per heavy atom. The Hall–Kier alpha value is -4.01. The van der Waals surface area contributed by atoms with Gasteiger partial charge in [-0.3, -0.25) is 4.79 Å². The van der Waals surface area contributed by atoms with Crippen molar-refractivity contribution in [3.8, 4) is 16.9 Å². The summed E-state index contributed by atoms with van der Waals surface area (Å²) in [5.41, 5.74) is 3.39. The van der Waals surface area contributed by atoms with Crippen LogP contribution in [0.3, 0.4) is 0 Å². The zero-order valence-electron chi connectivity index (χ0n) is 17.3. The molecule has 0 radical (unpaired) electrons. The van der Waals surface area contributed by atoms with E-state index in [1.54, 1.807) is 19.2 Å². The first kappa shape index (κ1) is 21.2. The number of nitrogens with one attached hydrogen (secondary N) is 1. The van der Waals surface area contributed by atoms with Gasteiger partial charge in [0.1, 0.15) is 18.2 Å². The summed E-state index contributed by atoms with van der Waals surface area (Å²) in [5.74, 6) is -0.704. The lowest BCUT2D eigenvalue weighted by molar-refractivity contribution is -0.132. The standard InChI is InChI=1S/C23H19F2N3O4/c1-14-10-15(6-8-20(14)30-2)23(12-31-22(27-23)28-32-13-29)16-5-7-19(24)18(11-16)17-4-3-9-26-21(17)25/h3-11,13H,12H2,1-2H3,(H,27,28). The van der Waals surface area contributed by atoms with Gasteiger partial charge in [-0.05, 0) is 60.0 Å². The number of hydrogen-bond acceptors (Lipinski definition) is 7. The van der Waals surface area contributed by atoms with E-state index in [1.165, 1.54) is 30.5 Å². The van der Waals surface area contributed by atoms with Gasteiger partial charge in [0.15, 0.2) is 5.54 Å². The van der Waals surface area contributed by atoms with Crippen LogP contribution < -0.4 is 10.2 Å². The zero-order valence-corrected chi connectivity index (χ0v) is 17.3. The summed E-state index contributed by atoms with van der Waals surface area (Å²) in [6, 6.07) is 12.8. The molecule has 1 unspecified atom stereocenters. The minimum atomic E-state index is -1.12. The number of carbonyl (C=O) groups excluding carboxylic acids is 1. The molecule has 0 spiro atoms.